The van der Waals surface area contributed by atoms with Crippen molar-refractivity contribution < 1.29 is 0 Å². The quantitative estimate of drug-likeness (QED) is 0.633. The van der Waals surface area contributed by atoms with E-state index in [2.05, 4.69) is 30.7 Å². The van der Waals surface area contributed by atoms with Crippen LogP contribution in [0.4, 0.5) is 0 Å². The van der Waals surface area contributed by atoms with Crippen LogP contribution in [0.25, 0.3) is 0 Å². The lowest BCUT2D eigenvalue weighted by Gasteiger charge is -2.43. The molecule has 0 aromatic carbocycles. The molecular formula is C9H21N3. The molecule has 1 heterocycles. The summed E-state index contributed by atoms with van der Waals surface area (Å²) < 4.78 is 0. The van der Waals surface area contributed by atoms with Crippen LogP contribution in [-0.4, -0.2) is 55.1 Å². The van der Waals surface area contributed by atoms with Gasteiger partial charge >= 0.3 is 0 Å². The van der Waals surface area contributed by atoms with E-state index in [1.54, 1.807) is 0 Å². The molecule has 1 rings (SSSR count). The summed E-state index contributed by atoms with van der Waals surface area (Å²) in [5.41, 5.74) is 5.73. The van der Waals surface area contributed by atoms with Gasteiger partial charge in [0.05, 0.1) is 0 Å². The van der Waals surface area contributed by atoms with Gasteiger partial charge in [-0.2, -0.15) is 0 Å². The molecule has 0 amide bonds. The summed E-state index contributed by atoms with van der Waals surface area (Å²) in [5, 5.41) is 0. The molecule has 1 fully saturated rings. The Morgan fingerprint density at radius 1 is 1.42 bits per heavy atom. The Labute approximate surface area is 75.5 Å². The maximum atomic E-state index is 5.73. The van der Waals surface area contributed by atoms with E-state index in [9.17, 15) is 0 Å². The highest BCUT2D eigenvalue weighted by molar-refractivity contribution is 4.85. The van der Waals surface area contributed by atoms with Crippen LogP contribution in [0.3, 0.4) is 0 Å². The Morgan fingerprint density at radius 2 is 2.08 bits per heavy atom. The van der Waals surface area contributed by atoms with Gasteiger partial charge in [0, 0.05) is 31.7 Å². The highest BCUT2D eigenvalue weighted by atomic mass is 15.3. The fourth-order valence-electron chi connectivity index (χ4n) is 2.23. The minimum atomic E-state index is 0.559. The van der Waals surface area contributed by atoms with Crippen molar-refractivity contribution in [1.82, 2.24) is 9.80 Å². The number of hydrogen-bond acceptors (Lipinski definition) is 3. The van der Waals surface area contributed by atoms with Gasteiger partial charge in [0.25, 0.3) is 0 Å². The summed E-state index contributed by atoms with van der Waals surface area (Å²) in [6.07, 6.45) is 0. The fourth-order valence-corrected chi connectivity index (χ4v) is 2.23. The van der Waals surface area contributed by atoms with Crippen molar-refractivity contribution in [3.63, 3.8) is 0 Å². The van der Waals surface area contributed by atoms with Crippen molar-refractivity contribution in [1.29, 1.82) is 0 Å². The van der Waals surface area contributed by atoms with Crippen LogP contribution >= 0.6 is 0 Å². The molecule has 12 heavy (non-hydrogen) atoms. The maximum Gasteiger partial charge on any atom is 0.0348 e. The van der Waals surface area contributed by atoms with Crippen LogP contribution in [0, 0.1) is 0 Å². The van der Waals surface area contributed by atoms with Gasteiger partial charge in [-0.3, -0.25) is 4.90 Å². The van der Waals surface area contributed by atoms with Crippen LogP contribution in [0.5, 0.6) is 0 Å². The SMILES string of the molecule is CCN1C(C)CN(C)CC1CN. The molecule has 2 atom stereocenters. The lowest BCUT2D eigenvalue weighted by atomic mass is 10.1. The number of piperazine rings is 1. The van der Waals surface area contributed by atoms with Crippen molar-refractivity contribution in [2.24, 2.45) is 5.73 Å². The Hall–Kier alpha value is -0.120. The summed E-state index contributed by atoms with van der Waals surface area (Å²) in [5.74, 6) is 0. The third kappa shape index (κ3) is 1.97. The van der Waals surface area contributed by atoms with Crippen molar-refractivity contribution >= 4 is 0 Å². The highest BCUT2D eigenvalue weighted by Gasteiger charge is 2.27. The Balaban J connectivity index is 2.56. The molecule has 0 aliphatic carbocycles. The number of hydrogen-bond donors (Lipinski definition) is 1. The Kier molecular flexibility index (Phi) is 3.50. The molecular weight excluding hydrogens is 150 g/mol. The smallest absolute Gasteiger partial charge is 0.0348 e. The van der Waals surface area contributed by atoms with Crippen molar-refractivity contribution in [2.75, 3.05) is 33.2 Å². The van der Waals surface area contributed by atoms with E-state index in [4.69, 9.17) is 5.73 Å². The highest BCUT2D eigenvalue weighted by Crippen LogP contribution is 2.12. The molecule has 72 valence electrons. The maximum absolute atomic E-state index is 5.73. The van der Waals surface area contributed by atoms with Crippen LogP contribution in [0.2, 0.25) is 0 Å². The second-order valence-electron chi connectivity index (χ2n) is 3.79. The molecule has 1 aliphatic heterocycles. The second-order valence-corrected chi connectivity index (χ2v) is 3.79. The van der Waals surface area contributed by atoms with E-state index in [0.717, 1.165) is 19.6 Å². The molecule has 0 spiro atoms. The molecule has 0 radical (unpaired) electrons. The van der Waals surface area contributed by atoms with E-state index in [0.29, 0.717) is 12.1 Å². The van der Waals surface area contributed by atoms with Crippen LogP contribution < -0.4 is 5.73 Å². The Morgan fingerprint density at radius 3 is 2.58 bits per heavy atom. The predicted octanol–water partition coefficient (Wildman–Crippen LogP) is -0.0305. The molecule has 3 nitrogen and oxygen atoms in total. The number of rotatable bonds is 2. The van der Waals surface area contributed by atoms with Crippen molar-refractivity contribution in [3.05, 3.63) is 0 Å². The lowest BCUT2D eigenvalue weighted by Crippen LogP contribution is -2.58. The summed E-state index contributed by atoms with van der Waals surface area (Å²) >= 11 is 0. The molecule has 1 aliphatic rings. The lowest BCUT2D eigenvalue weighted by molar-refractivity contribution is 0.0524. The molecule has 3 heteroatoms. The first-order valence-corrected chi connectivity index (χ1v) is 4.83. The molecule has 0 saturated carbocycles. The van der Waals surface area contributed by atoms with Crippen LogP contribution in [0.15, 0.2) is 0 Å². The van der Waals surface area contributed by atoms with Crippen LogP contribution in [-0.2, 0) is 0 Å². The summed E-state index contributed by atoms with van der Waals surface area (Å²) in [6.45, 7) is 8.69. The van der Waals surface area contributed by atoms with Gasteiger partial charge in [0.2, 0.25) is 0 Å². The zero-order valence-corrected chi connectivity index (χ0v) is 8.45. The zero-order chi connectivity index (χ0) is 9.14. The van der Waals surface area contributed by atoms with Gasteiger partial charge in [-0.1, -0.05) is 6.92 Å². The van der Waals surface area contributed by atoms with Gasteiger partial charge in [-0.25, -0.2) is 0 Å². The largest absolute Gasteiger partial charge is 0.329 e. The van der Waals surface area contributed by atoms with E-state index in [1.807, 2.05) is 0 Å². The van der Waals surface area contributed by atoms with E-state index in [-0.39, 0.29) is 0 Å². The number of nitrogens with zero attached hydrogens (tertiary/aromatic N) is 2. The molecule has 2 unspecified atom stereocenters. The third-order valence-corrected chi connectivity index (χ3v) is 2.77. The molecule has 0 aromatic rings. The molecule has 2 N–H and O–H groups in total. The number of likely N-dealkylation sites (N-methyl/N-ethyl adjacent to an activating group) is 2. The summed E-state index contributed by atoms with van der Waals surface area (Å²) in [7, 11) is 2.17. The third-order valence-electron chi connectivity index (χ3n) is 2.77. The van der Waals surface area contributed by atoms with Gasteiger partial charge < -0.3 is 10.6 Å². The fraction of sp³-hybridized carbons (Fsp3) is 1.00. The predicted molar refractivity (Wildman–Crippen MR) is 52.2 cm³/mol. The average Bonchev–Trinajstić information content (AvgIpc) is 2.03. The topological polar surface area (TPSA) is 32.5 Å². The second kappa shape index (κ2) is 4.21. The first-order chi connectivity index (χ1) is 5.69. The summed E-state index contributed by atoms with van der Waals surface area (Å²) in [6, 6.07) is 1.21. The van der Waals surface area contributed by atoms with Crippen molar-refractivity contribution in [3.8, 4) is 0 Å². The first kappa shape index (κ1) is 9.96. The first-order valence-electron chi connectivity index (χ1n) is 4.83. The molecule has 0 bridgehead atoms. The normalized spacial score (nSPS) is 34.0. The zero-order valence-electron chi connectivity index (χ0n) is 8.45. The minimum Gasteiger partial charge on any atom is -0.329 e. The minimum absolute atomic E-state index is 0.559. The summed E-state index contributed by atoms with van der Waals surface area (Å²) in [4.78, 5) is 4.87. The average molecular weight is 171 g/mol. The molecule has 0 aromatic heterocycles. The van der Waals surface area contributed by atoms with Gasteiger partial charge in [0.1, 0.15) is 0 Å². The standard InChI is InChI=1S/C9H21N3/c1-4-12-8(2)6-11(3)7-9(12)5-10/h8-9H,4-7,10H2,1-3H3. The molecule has 1 saturated heterocycles. The number of nitrogens with two attached hydrogens (primary N) is 1. The van der Waals surface area contributed by atoms with E-state index in [1.165, 1.54) is 6.54 Å². The van der Waals surface area contributed by atoms with Gasteiger partial charge in [-0.15, -0.1) is 0 Å². The Bertz CT molecular complexity index is 138. The van der Waals surface area contributed by atoms with E-state index < -0.39 is 0 Å². The van der Waals surface area contributed by atoms with Crippen molar-refractivity contribution in [2.45, 2.75) is 25.9 Å². The monoisotopic (exact) mass is 171 g/mol. The van der Waals surface area contributed by atoms with Crippen LogP contribution in [0.1, 0.15) is 13.8 Å². The van der Waals surface area contributed by atoms with E-state index >= 15 is 0 Å². The van der Waals surface area contributed by atoms with Gasteiger partial charge in [0.15, 0.2) is 0 Å². The van der Waals surface area contributed by atoms with Gasteiger partial charge in [-0.05, 0) is 20.5 Å².